The summed E-state index contributed by atoms with van der Waals surface area (Å²) in [6, 6.07) is 9.89. The molecule has 1 rings (SSSR count). The molecule has 94 valence electrons. The van der Waals surface area contributed by atoms with Gasteiger partial charge >= 0.3 is 6.09 Å². The van der Waals surface area contributed by atoms with Crippen LogP contribution in [-0.4, -0.2) is 16.6 Å². The molecule has 0 radical (unpaired) electrons. The molecule has 0 aliphatic rings. The quantitative estimate of drug-likeness (QED) is 0.439. The number of nitrogens with one attached hydrogen (secondary N) is 1. The molecule has 0 heterocycles. The van der Waals surface area contributed by atoms with Gasteiger partial charge in [-0.1, -0.05) is 44.4 Å². The van der Waals surface area contributed by atoms with Gasteiger partial charge in [0.05, 0.1) is 5.37 Å². The van der Waals surface area contributed by atoms with Crippen molar-refractivity contribution in [2.45, 2.75) is 42.9 Å². The van der Waals surface area contributed by atoms with Crippen LogP contribution in [0.4, 0.5) is 4.79 Å². The van der Waals surface area contributed by atoms with E-state index in [0.717, 1.165) is 30.6 Å². The van der Waals surface area contributed by atoms with Crippen molar-refractivity contribution in [1.82, 2.24) is 5.32 Å². The topological polar surface area (TPSA) is 49.3 Å². The molecule has 3 nitrogen and oxygen atoms in total. The molecule has 0 fully saturated rings. The minimum absolute atomic E-state index is 0.0542. The van der Waals surface area contributed by atoms with Crippen molar-refractivity contribution < 1.29 is 9.90 Å². The SMILES string of the molecule is CCCCCC(NC(=O)O)Sc1ccccc1. The third kappa shape index (κ3) is 6.22. The fourth-order valence-corrected chi connectivity index (χ4v) is 2.63. The van der Waals surface area contributed by atoms with Crippen molar-refractivity contribution in [1.29, 1.82) is 0 Å². The zero-order valence-electron chi connectivity index (χ0n) is 10.1. The van der Waals surface area contributed by atoms with Crippen molar-refractivity contribution in [3.8, 4) is 0 Å². The van der Waals surface area contributed by atoms with Crippen LogP contribution >= 0.6 is 11.8 Å². The van der Waals surface area contributed by atoms with Crippen LogP contribution < -0.4 is 5.32 Å². The van der Waals surface area contributed by atoms with E-state index >= 15 is 0 Å². The van der Waals surface area contributed by atoms with Crippen LogP contribution in [0.2, 0.25) is 0 Å². The molecule has 1 aromatic rings. The van der Waals surface area contributed by atoms with Crippen LogP contribution in [0.15, 0.2) is 35.2 Å². The number of unbranched alkanes of at least 4 members (excludes halogenated alkanes) is 2. The van der Waals surface area contributed by atoms with Gasteiger partial charge in [-0.25, -0.2) is 4.79 Å². The van der Waals surface area contributed by atoms with Gasteiger partial charge < -0.3 is 10.4 Å². The number of hydrogen-bond acceptors (Lipinski definition) is 2. The van der Waals surface area contributed by atoms with E-state index in [-0.39, 0.29) is 5.37 Å². The highest BCUT2D eigenvalue weighted by atomic mass is 32.2. The van der Waals surface area contributed by atoms with E-state index in [4.69, 9.17) is 5.11 Å². The third-order valence-electron chi connectivity index (χ3n) is 2.38. The Balaban J connectivity index is 2.48. The molecule has 1 unspecified atom stereocenters. The maximum absolute atomic E-state index is 10.7. The molecule has 0 aromatic heterocycles. The average molecular weight is 253 g/mol. The Kier molecular flexibility index (Phi) is 6.55. The first-order valence-corrected chi connectivity index (χ1v) is 6.81. The van der Waals surface area contributed by atoms with Gasteiger partial charge in [-0.2, -0.15) is 0 Å². The maximum Gasteiger partial charge on any atom is 0.405 e. The van der Waals surface area contributed by atoms with E-state index in [1.54, 1.807) is 11.8 Å². The molecule has 0 saturated carbocycles. The van der Waals surface area contributed by atoms with Crippen LogP contribution in [0.1, 0.15) is 32.6 Å². The lowest BCUT2D eigenvalue weighted by molar-refractivity contribution is 0.193. The number of carbonyl (C=O) groups is 1. The second kappa shape index (κ2) is 8.01. The Morgan fingerprint density at radius 1 is 1.35 bits per heavy atom. The summed E-state index contributed by atoms with van der Waals surface area (Å²) < 4.78 is 0. The molecular formula is C13H19NO2S. The highest BCUT2D eigenvalue weighted by Gasteiger charge is 2.12. The van der Waals surface area contributed by atoms with Crippen LogP contribution in [0.25, 0.3) is 0 Å². The third-order valence-corrected chi connectivity index (χ3v) is 3.56. The van der Waals surface area contributed by atoms with Crippen molar-refractivity contribution in [2.75, 3.05) is 0 Å². The van der Waals surface area contributed by atoms with Gasteiger partial charge in [0.1, 0.15) is 0 Å². The molecule has 0 spiro atoms. The molecule has 0 bridgehead atoms. The van der Waals surface area contributed by atoms with Gasteiger partial charge in [0.15, 0.2) is 0 Å². The number of rotatable bonds is 7. The van der Waals surface area contributed by atoms with Gasteiger partial charge in [0.2, 0.25) is 0 Å². The summed E-state index contributed by atoms with van der Waals surface area (Å²) in [6.45, 7) is 2.14. The monoisotopic (exact) mass is 253 g/mol. The minimum Gasteiger partial charge on any atom is -0.465 e. The molecule has 1 amide bonds. The predicted octanol–water partition coefficient (Wildman–Crippen LogP) is 3.95. The molecule has 4 heteroatoms. The van der Waals surface area contributed by atoms with E-state index in [9.17, 15) is 4.79 Å². The predicted molar refractivity (Wildman–Crippen MR) is 71.4 cm³/mol. The zero-order valence-corrected chi connectivity index (χ0v) is 10.9. The summed E-state index contributed by atoms with van der Waals surface area (Å²) in [5.41, 5.74) is 0. The standard InChI is InChI=1S/C13H19NO2S/c1-2-3-5-10-12(14-13(15)16)17-11-8-6-4-7-9-11/h4,6-9,12,14H,2-3,5,10H2,1H3,(H,15,16). The van der Waals surface area contributed by atoms with E-state index in [2.05, 4.69) is 12.2 Å². The second-order valence-electron chi connectivity index (χ2n) is 3.86. The Hall–Kier alpha value is -1.16. The first-order valence-electron chi connectivity index (χ1n) is 5.93. The number of benzene rings is 1. The van der Waals surface area contributed by atoms with Crippen molar-refractivity contribution in [3.63, 3.8) is 0 Å². The van der Waals surface area contributed by atoms with Crippen LogP contribution in [0, 0.1) is 0 Å². The summed E-state index contributed by atoms with van der Waals surface area (Å²) in [5, 5.41) is 11.3. The smallest absolute Gasteiger partial charge is 0.405 e. The van der Waals surface area contributed by atoms with Crippen LogP contribution in [0.3, 0.4) is 0 Å². The Labute approximate surface area is 107 Å². The number of amides is 1. The summed E-state index contributed by atoms with van der Waals surface area (Å²) in [4.78, 5) is 11.8. The first-order chi connectivity index (χ1) is 8.22. The fourth-order valence-electron chi connectivity index (χ4n) is 1.54. The summed E-state index contributed by atoms with van der Waals surface area (Å²) >= 11 is 1.58. The first kappa shape index (κ1) is 13.9. The lowest BCUT2D eigenvalue weighted by Crippen LogP contribution is -2.30. The molecule has 17 heavy (non-hydrogen) atoms. The lowest BCUT2D eigenvalue weighted by Gasteiger charge is -2.16. The molecule has 0 aliphatic heterocycles. The number of thioether (sulfide) groups is 1. The largest absolute Gasteiger partial charge is 0.465 e. The van der Waals surface area contributed by atoms with Crippen LogP contribution in [-0.2, 0) is 0 Å². The fraction of sp³-hybridized carbons (Fsp3) is 0.462. The molecular weight excluding hydrogens is 234 g/mol. The van der Waals surface area contributed by atoms with E-state index in [1.165, 1.54) is 0 Å². The highest BCUT2D eigenvalue weighted by Crippen LogP contribution is 2.24. The number of hydrogen-bond donors (Lipinski definition) is 2. The molecule has 0 aliphatic carbocycles. The van der Waals surface area contributed by atoms with E-state index in [0.29, 0.717) is 0 Å². The van der Waals surface area contributed by atoms with Gasteiger partial charge in [-0.15, -0.1) is 11.8 Å². The highest BCUT2D eigenvalue weighted by molar-refractivity contribution is 7.99. The van der Waals surface area contributed by atoms with Gasteiger partial charge in [-0.3, -0.25) is 0 Å². The maximum atomic E-state index is 10.7. The van der Waals surface area contributed by atoms with Crippen molar-refractivity contribution in [2.24, 2.45) is 0 Å². The van der Waals surface area contributed by atoms with E-state index in [1.807, 2.05) is 30.3 Å². The van der Waals surface area contributed by atoms with Crippen molar-refractivity contribution in [3.05, 3.63) is 30.3 Å². The molecule has 0 saturated heterocycles. The van der Waals surface area contributed by atoms with Gasteiger partial charge in [-0.05, 0) is 18.6 Å². The summed E-state index contributed by atoms with van der Waals surface area (Å²) in [7, 11) is 0. The number of carboxylic acid groups (broad SMARTS) is 1. The van der Waals surface area contributed by atoms with Crippen molar-refractivity contribution >= 4 is 17.9 Å². The van der Waals surface area contributed by atoms with E-state index < -0.39 is 6.09 Å². The lowest BCUT2D eigenvalue weighted by atomic mass is 10.2. The Morgan fingerprint density at radius 3 is 2.65 bits per heavy atom. The van der Waals surface area contributed by atoms with Gasteiger partial charge in [0, 0.05) is 4.90 Å². The molecule has 2 N–H and O–H groups in total. The average Bonchev–Trinajstić information content (AvgIpc) is 2.30. The van der Waals surface area contributed by atoms with Crippen LogP contribution in [0.5, 0.6) is 0 Å². The Bertz CT molecular complexity index is 329. The minimum atomic E-state index is -0.949. The Morgan fingerprint density at radius 2 is 2.06 bits per heavy atom. The van der Waals surface area contributed by atoms with Gasteiger partial charge in [0.25, 0.3) is 0 Å². The molecule has 1 aromatic carbocycles. The zero-order chi connectivity index (χ0) is 12.5. The second-order valence-corrected chi connectivity index (χ2v) is 5.14. The summed E-state index contributed by atoms with van der Waals surface area (Å²) in [6.07, 6.45) is 3.28. The summed E-state index contributed by atoms with van der Waals surface area (Å²) in [5.74, 6) is 0. The normalized spacial score (nSPS) is 12.1. The molecule has 1 atom stereocenters.